The number of ether oxygens (including phenoxy) is 1. The average molecular weight is 221 g/mol. The zero-order valence-electron chi connectivity index (χ0n) is 8.89. The Labute approximate surface area is 91.0 Å². The third-order valence-corrected chi connectivity index (χ3v) is 2.17. The van der Waals surface area contributed by atoms with Gasteiger partial charge >= 0.3 is 5.97 Å². The Balaban J connectivity index is 2.86. The molecule has 0 amide bonds. The summed E-state index contributed by atoms with van der Waals surface area (Å²) in [6.45, 7) is 1.75. The summed E-state index contributed by atoms with van der Waals surface area (Å²) in [6.07, 6.45) is 0. The van der Waals surface area contributed by atoms with E-state index in [0.29, 0.717) is 11.3 Å². The van der Waals surface area contributed by atoms with Gasteiger partial charge < -0.3 is 16.2 Å². The molecule has 0 spiro atoms. The monoisotopic (exact) mass is 221 g/mol. The van der Waals surface area contributed by atoms with E-state index in [1.54, 1.807) is 13.0 Å². The van der Waals surface area contributed by atoms with Crippen LogP contribution in [0.3, 0.4) is 0 Å². The fraction of sp³-hybridized carbons (Fsp3) is 0.222. The number of anilines is 2. The second kappa shape index (κ2) is 3.37. The first-order valence-electron chi connectivity index (χ1n) is 4.54. The molecular weight excluding hydrogens is 210 g/mol. The highest BCUT2D eigenvalue weighted by atomic mass is 16.5. The lowest BCUT2D eigenvalue weighted by Gasteiger charge is -2.05. The number of nitrogens with zero attached hydrogens (tertiary/aromatic N) is 3. The summed E-state index contributed by atoms with van der Waals surface area (Å²) in [4.78, 5) is 19.6. The smallest absolute Gasteiger partial charge is 0.355 e. The molecule has 0 atom stereocenters. The minimum atomic E-state index is -0.514. The van der Waals surface area contributed by atoms with E-state index in [1.807, 2.05) is 0 Å². The Morgan fingerprint density at radius 3 is 2.75 bits per heavy atom. The number of carbonyl (C=O) groups excluding carboxylic acids is 1. The lowest BCUT2D eigenvalue weighted by Crippen LogP contribution is -2.11. The van der Waals surface area contributed by atoms with Crippen molar-refractivity contribution in [3.05, 3.63) is 17.5 Å². The highest BCUT2D eigenvalue weighted by Crippen LogP contribution is 2.18. The molecule has 0 saturated heterocycles. The van der Waals surface area contributed by atoms with Gasteiger partial charge in [0.25, 0.3) is 0 Å². The molecule has 0 saturated carbocycles. The molecule has 0 radical (unpaired) electrons. The van der Waals surface area contributed by atoms with E-state index in [9.17, 15) is 4.79 Å². The molecule has 2 aromatic rings. The van der Waals surface area contributed by atoms with E-state index in [2.05, 4.69) is 14.7 Å². The van der Waals surface area contributed by atoms with E-state index >= 15 is 0 Å². The van der Waals surface area contributed by atoms with Gasteiger partial charge in [-0.15, -0.1) is 0 Å². The Morgan fingerprint density at radius 1 is 1.44 bits per heavy atom. The van der Waals surface area contributed by atoms with Gasteiger partial charge in [0.1, 0.15) is 5.69 Å². The van der Waals surface area contributed by atoms with Crippen LogP contribution in [-0.2, 0) is 4.74 Å². The number of nitrogens with two attached hydrogens (primary N) is 2. The molecule has 4 N–H and O–H groups in total. The molecule has 2 heterocycles. The van der Waals surface area contributed by atoms with Crippen LogP contribution >= 0.6 is 0 Å². The molecule has 0 aliphatic carbocycles. The van der Waals surface area contributed by atoms with E-state index in [4.69, 9.17) is 11.5 Å². The van der Waals surface area contributed by atoms with Crippen molar-refractivity contribution < 1.29 is 9.53 Å². The number of aromatic nitrogens is 3. The molecule has 0 bridgehead atoms. The number of nitrogen functional groups attached to an aromatic ring is 2. The fourth-order valence-electron chi connectivity index (χ4n) is 1.51. The van der Waals surface area contributed by atoms with Crippen molar-refractivity contribution in [2.75, 3.05) is 18.6 Å². The summed E-state index contributed by atoms with van der Waals surface area (Å²) in [5, 5.41) is 0. The fourth-order valence-corrected chi connectivity index (χ4v) is 1.51. The first-order chi connectivity index (χ1) is 7.54. The van der Waals surface area contributed by atoms with Gasteiger partial charge in [-0.05, 0) is 13.0 Å². The van der Waals surface area contributed by atoms with Crippen LogP contribution in [0, 0.1) is 6.92 Å². The topological polar surface area (TPSA) is 109 Å². The molecule has 0 fully saturated rings. The summed E-state index contributed by atoms with van der Waals surface area (Å²) in [6, 6.07) is 1.57. The lowest BCUT2D eigenvalue weighted by molar-refractivity contribution is 0.0592. The quantitative estimate of drug-likeness (QED) is 0.655. The minimum Gasteiger partial charge on any atom is -0.464 e. The minimum absolute atomic E-state index is 0.111. The SMILES string of the molecule is COC(=O)c1cc(C)nc2c(N)nc(N)n12. The van der Waals surface area contributed by atoms with Gasteiger partial charge in [-0.25, -0.2) is 9.78 Å². The first kappa shape index (κ1) is 10.2. The number of hydrogen-bond donors (Lipinski definition) is 2. The maximum Gasteiger partial charge on any atom is 0.355 e. The Hall–Kier alpha value is -2.31. The Bertz CT molecular complexity index is 575. The molecule has 0 aromatic carbocycles. The Kier molecular flexibility index (Phi) is 2.15. The standard InChI is InChI=1S/C9H11N5O2/c1-4-3-5(8(15)16-2)14-7(12-4)6(10)13-9(14)11/h3H,10H2,1-2H3,(H2,11,13). The van der Waals surface area contributed by atoms with Crippen LogP contribution in [0.2, 0.25) is 0 Å². The molecule has 2 rings (SSSR count). The summed E-state index contributed by atoms with van der Waals surface area (Å²) in [5.74, 6) is -0.216. The maximum atomic E-state index is 11.5. The predicted molar refractivity (Wildman–Crippen MR) is 57.9 cm³/mol. The number of methoxy groups -OCH3 is 1. The number of carbonyl (C=O) groups is 1. The van der Waals surface area contributed by atoms with Crippen molar-refractivity contribution in [2.24, 2.45) is 0 Å². The number of hydrogen-bond acceptors (Lipinski definition) is 6. The summed E-state index contributed by atoms with van der Waals surface area (Å²) in [5.41, 5.74) is 12.5. The Morgan fingerprint density at radius 2 is 2.12 bits per heavy atom. The number of esters is 1. The maximum absolute atomic E-state index is 11.5. The molecule has 7 heteroatoms. The van der Waals surface area contributed by atoms with Crippen molar-refractivity contribution in [1.29, 1.82) is 0 Å². The molecule has 84 valence electrons. The zero-order chi connectivity index (χ0) is 11.9. The van der Waals surface area contributed by atoms with Crippen molar-refractivity contribution in [1.82, 2.24) is 14.4 Å². The molecule has 2 aromatic heterocycles. The van der Waals surface area contributed by atoms with Crippen LogP contribution in [0.1, 0.15) is 16.2 Å². The number of rotatable bonds is 1. The van der Waals surface area contributed by atoms with Crippen LogP contribution in [0.5, 0.6) is 0 Å². The van der Waals surface area contributed by atoms with Gasteiger partial charge in [0.05, 0.1) is 7.11 Å². The van der Waals surface area contributed by atoms with Crippen LogP contribution in [0.4, 0.5) is 11.8 Å². The zero-order valence-corrected chi connectivity index (χ0v) is 8.89. The van der Waals surface area contributed by atoms with Crippen molar-refractivity contribution in [3.8, 4) is 0 Å². The van der Waals surface area contributed by atoms with Crippen molar-refractivity contribution in [2.45, 2.75) is 6.92 Å². The van der Waals surface area contributed by atoms with Crippen molar-refractivity contribution in [3.63, 3.8) is 0 Å². The summed E-state index contributed by atoms with van der Waals surface area (Å²) in [7, 11) is 1.29. The second-order valence-electron chi connectivity index (χ2n) is 3.29. The van der Waals surface area contributed by atoms with E-state index in [1.165, 1.54) is 11.5 Å². The number of aryl methyl sites for hydroxylation is 1. The third-order valence-electron chi connectivity index (χ3n) is 2.17. The van der Waals surface area contributed by atoms with Gasteiger partial charge in [-0.1, -0.05) is 0 Å². The molecule has 16 heavy (non-hydrogen) atoms. The van der Waals surface area contributed by atoms with Crippen LogP contribution < -0.4 is 11.5 Å². The first-order valence-corrected chi connectivity index (χ1v) is 4.54. The van der Waals surface area contributed by atoms with E-state index < -0.39 is 5.97 Å². The van der Waals surface area contributed by atoms with E-state index in [-0.39, 0.29) is 17.5 Å². The largest absolute Gasteiger partial charge is 0.464 e. The summed E-state index contributed by atoms with van der Waals surface area (Å²) < 4.78 is 6.02. The van der Waals surface area contributed by atoms with Crippen molar-refractivity contribution >= 4 is 23.4 Å². The van der Waals surface area contributed by atoms with Gasteiger partial charge in [0, 0.05) is 5.69 Å². The number of imidazole rings is 1. The molecule has 7 nitrogen and oxygen atoms in total. The number of fused-ring (bicyclic) bond motifs is 1. The normalized spacial score (nSPS) is 10.6. The molecule has 0 aliphatic rings. The van der Waals surface area contributed by atoms with Crippen LogP contribution in [-0.4, -0.2) is 27.4 Å². The highest BCUT2D eigenvalue weighted by Gasteiger charge is 2.17. The lowest BCUT2D eigenvalue weighted by atomic mass is 10.3. The molecule has 0 aliphatic heterocycles. The van der Waals surface area contributed by atoms with E-state index in [0.717, 1.165) is 0 Å². The summed E-state index contributed by atoms with van der Waals surface area (Å²) >= 11 is 0. The second-order valence-corrected chi connectivity index (χ2v) is 3.29. The molecular formula is C9H11N5O2. The highest BCUT2D eigenvalue weighted by molar-refractivity contribution is 5.89. The molecule has 0 unspecified atom stereocenters. The van der Waals surface area contributed by atoms with Gasteiger partial charge in [-0.3, -0.25) is 4.40 Å². The third kappa shape index (κ3) is 1.33. The van der Waals surface area contributed by atoms with Gasteiger partial charge in [-0.2, -0.15) is 4.98 Å². The van der Waals surface area contributed by atoms with Crippen LogP contribution in [0.25, 0.3) is 5.65 Å². The average Bonchev–Trinajstić information content (AvgIpc) is 2.52. The van der Waals surface area contributed by atoms with Gasteiger partial charge in [0.2, 0.25) is 5.95 Å². The van der Waals surface area contributed by atoms with Crippen LogP contribution in [0.15, 0.2) is 6.07 Å². The van der Waals surface area contributed by atoms with Gasteiger partial charge in [0.15, 0.2) is 11.5 Å². The predicted octanol–water partition coefficient (Wildman–Crippen LogP) is -0.0113.